The summed E-state index contributed by atoms with van der Waals surface area (Å²) in [4.78, 5) is 10.6. The molecule has 3 N–H and O–H groups in total. The molecule has 1 amide bonds. The van der Waals surface area contributed by atoms with Crippen molar-refractivity contribution in [3.05, 3.63) is 24.3 Å². The summed E-state index contributed by atoms with van der Waals surface area (Å²) < 4.78 is 0. The van der Waals surface area contributed by atoms with Gasteiger partial charge in [-0.2, -0.15) is 0 Å². The van der Waals surface area contributed by atoms with Crippen molar-refractivity contribution in [2.75, 3.05) is 0 Å². The fourth-order valence-corrected chi connectivity index (χ4v) is 0.784. The molecule has 13 heavy (non-hydrogen) atoms. The first-order chi connectivity index (χ1) is 5.89. The highest BCUT2D eigenvalue weighted by atomic mass is 16.3. The number of aliphatic hydroxyl groups is 1. The topological polar surface area (TPSA) is 63.3 Å². The largest absolute Gasteiger partial charge is 0.386 e. The van der Waals surface area contributed by atoms with Gasteiger partial charge in [0.1, 0.15) is 0 Å². The summed E-state index contributed by atoms with van der Waals surface area (Å²) in [5, 5.41) is 9.51. The van der Waals surface area contributed by atoms with Gasteiger partial charge in [-0.05, 0) is 26.7 Å². The Morgan fingerprint density at radius 1 is 1.69 bits per heavy atom. The number of hydrogen-bond acceptors (Lipinski definition) is 2. The van der Waals surface area contributed by atoms with Crippen LogP contribution < -0.4 is 5.73 Å². The second-order valence-corrected chi connectivity index (χ2v) is 3.35. The zero-order valence-electron chi connectivity index (χ0n) is 8.21. The lowest BCUT2D eigenvalue weighted by Crippen LogP contribution is -2.19. The highest BCUT2D eigenvalue weighted by Gasteiger charge is 2.13. The van der Waals surface area contributed by atoms with E-state index in [1.807, 2.05) is 0 Å². The van der Waals surface area contributed by atoms with Crippen molar-refractivity contribution in [1.29, 1.82) is 0 Å². The molecule has 0 heterocycles. The summed E-state index contributed by atoms with van der Waals surface area (Å²) in [6.45, 7) is 6.83. The van der Waals surface area contributed by atoms with E-state index in [0.29, 0.717) is 18.4 Å². The molecule has 0 saturated carbocycles. The first kappa shape index (κ1) is 11.9. The Morgan fingerprint density at radius 3 is 2.62 bits per heavy atom. The SMILES string of the molecule is C=C[C@@](C)(O)CC/C=C(\C)C(N)=O. The smallest absolute Gasteiger partial charge is 0.244 e. The van der Waals surface area contributed by atoms with Gasteiger partial charge < -0.3 is 10.8 Å². The van der Waals surface area contributed by atoms with Gasteiger partial charge in [0.05, 0.1) is 5.60 Å². The molecule has 0 saturated heterocycles. The van der Waals surface area contributed by atoms with Crippen LogP contribution in [0.4, 0.5) is 0 Å². The fourth-order valence-electron chi connectivity index (χ4n) is 0.784. The van der Waals surface area contributed by atoms with Gasteiger partial charge in [-0.15, -0.1) is 6.58 Å². The minimum Gasteiger partial charge on any atom is -0.386 e. The van der Waals surface area contributed by atoms with Crippen molar-refractivity contribution in [3.63, 3.8) is 0 Å². The average Bonchev–Trinajstić information content (AvgIpc) is 2.04. The van der Waals surface area contributed by atoms with E-state index in [9.17, 15) is 9.90 Å². The highest BCUT2D eigenvalue weighted by Crippen LogP contribution is 2.13. The molecule has 0 aliphatic heterocycles. The van der Waals surface area contributed by atoms with Gasteiger partial charge in [-0.3, -0.25) is 4.79 Å². The van der Waals surface area contributed by atoms with Crippen LogP contribution in [0.15, 0.2) is 24.3 Å². The predicted octanol–water partition coefficient (Wildman–Crippen LogP) is 1.14. The molecule has 0 aromatic carbocycles. The van der Waals surface area contributed by atoms with E-state index in [0.717, 1.165) is 0 Å². The van der Waals surface area contributed by atoms with Gasteiger partial charge >= 0.3 is 0 Å². The molecule has 0 aromatic heterocycles. The third kappa shape index (κ3) is 5.20. The molecule has 3 nitrogen and oxygen atoms in total. The zero-order chi connectivity index (χ0) is 10.5. The maximum Gasteiger partial charge on any atom is 0.244 e. The molecule has 0 bridgehead atoms. The average molecular weight is 183 g/mol. The van der Waals surface area contributed by atoms with Gasteiger partial charge in [0.15, 0.2) is 0 Å². The summed E-state index contributed by atoms with van der Waals surface area (Å²) in [6, 6.07) is 0. The summed E-state index contributed by atoms with van der Waals surface area (Å²) in [7, 11) is 0. The molecular formula is C10H17NO2. The van der Waals surface area contributed by atoms with Crippen molar-refractivity contribution in [1.82, 2.24) is 0 Å². The van der Waals surface area contributed by atoms with Crippen LogP contribution in [-0.4, -0.2) is 16.6 Å². The van der Waals surface area contributed by atoms with Crippen LogP contribution in [0.25, 0.3) is 0 Å². The molecule has 0 aliphatic carbocycles. The van der Waals surface area contributed by atoms with Crippen LogP contribution in [0, 0.1) is 0 Å². The first-order valence-corrected chi connectivity index (χ1v) is 4.21. The van der Waals surface area contributed by atoms with Crippen LogP contribution in [0.5, 0.6) is 0 Å². The van der Waals surface area contributed by atoms with Crippen LogP contribution in [0.1, 0.15) is 26.7 Å². The summed E-state index contributed by atoms with van der Waals surface area (Å²) in [5.74, 6) is -0.418. The van der Waals surface area contributed by atoms with E-state index in [2.05, 4.69) is 6.58 Å². The van der Waals surface area contributed by atoms with Gasteiger partial charge in [0.25, 0.3) is 0 Å². The standard InChI is InChI=1S/C10H17NO2/c1-4-10(3,13)7-5-6-8(2)9(11)12/h4,6,13H,1,5,7H2,2-3H3,(H2,11,12)/b8-6+/t10-/m1/s1. The van der Waals surface area contributed by atoms with Crippen molar-refractivity contribution in [2.24, 2.45) is 5.73 Å². The van der Waals surface area contributed by atoms with Crippen molar-refractivity contribution in [3.8, 4) is 0 Å². The molecule has 0 spiro atoms. The zero-order valence-corrected chi connectivity index (χ0v) is 8.21. The predicted molar refractivity (Wildman–Crippen MR) is 53.0 cm³/mol. The second kappa shape index (κ2) is 4.82. The van der Waals surface area contributed by atoms with Crippen LogP contribution in [0.2, 0.25) is 0 Å². The Bertz CT molecular complexity index is 229. The molecule has 0 radical (unpaired) electrons. The van der Waals surface area contributed by atoms with Gasteiger partial charge in [0, 0.05) is 5.57 Å². The normalized spacial score (nSPS) is 16.4. The third-order valence-electron chi connectivity index (χ3n) is 1.93. The second-order valence-electron chi connectivity index (χ2n) is 3.35. The minimum absolute atomic E-state index is 0.418. The number of primary amides is 1. The number of carbonyl (C=O) groups is 1. The Balaban J connectivity index is 3.99. The lowest BCUT2D eigenvalue weighted by Gasteiger charge is -2.16. The summed E-state index contributed by atoms with van der Waals surface area (Å²) in [5.41, 5.74) is 4.69. The van der Waals surface area contributed by atoms with E-state index < -0.39 is 11.5 Å². The molecule has 3 heteroatoms. The van der Waals surface area contributed by atoms with E-state index in [1.54, 1.807) is 19.9 Å². The van der Waals surface area contributed by atoms with E-state index in [-0.39, 0.29) is 0 Å². The van der Waals surface area contributed by atoms with Crippen LogP contribution in [0.3, 0.4) is 0 Å². The van der Waals surface area contributed by atoms with Crippen LogP contribution >= 0.6 is 0 Å². The molecule has 0 aromatic rings. The Hall–Kier alpha value is -1.09. The molecule has 0 unspecified atom stereocenters. The summed E-state index contributed by atoms with van der Waals surface area (Å²) in [6.07, 6.45) is 4.37. The van der Waals surface area contributed by atoms with Crippen molar-refractivity contribution in [2.45, 2.75) is 32.3 Å². The van der Waals surface area contributed by atoms with E-state index >= 15 is 0 Å². The number of rotatable bonds is 5. The first-order valence-electron chi connectivity index (χ1n) is 4.21. The fraction of sp³-hybridized carbons (Fsp3) is 0.500. The van der Waals surface area contributed by atoms with Gasteiger partial charge in [0.2, 0.25) is 5.91 Å². The molecular weight excluding hydrogens is 166 g/mol. The highest BCUT2D eigenvalue weighted by molar-refractivity contribution is 5.91. The Morgan fingerprint density at radius 2 is 2.23 bits per heavy atom. The maximum absolute atomic E-state index is 10.6. The molecule has 0 fully saturated rings. The molecule has 0 rings (SSSR count). The van der Waals surface area contributed by atoms with Crippen molar-refractivity contribution < 1.29 is 9.90 Å². The number of allylic oxidation sites excluding steroid dienone is 1. The van der Waals surface area contributed by atoms with E-state index in [4.69, 9.17) is 5.73 Å². The lowest BCUT2D eigenvalue weighted by atomic mass is 10.00. The molecule has 74 valence electrons. The number of amides is 1. The van der Waals surface area contributed by atoms with Gasteiger partial charge in [-0.1, -0.05) is 12.2 Å². The number of carbonyl (C=O) groups excluding carboxylic acids is 1. The number of nitrogens with two attached hydrogens (primary N) is 1. The van der Waals surface area contributed by atoms with Crippen LogP contribution in [-0.2, 0) is 4.79 Å². The number of hydrogen-bond donors (Lipinski definition) is 2. The Kier molecular flexibility index (Phi) is 4.42. The minimum atomic E-state index is -0.867. The third-order valence-corrected chi connectivity index (χ3v) is 1.93. The molecule has 1 atom stereocenters. The quantitative estimate of drug-likeness (QED) is 0.496. The van der Waals surface area contributed by atoms with E-state index in [1.165, 1.54) is 6.08 Å². The Labute approximate surface area is 78.9 Å². The monoisotopic (exact) mass is 183 g/mol. The van der Waals surface area contributed by atoms with Crippen molar-refractivity contribution >= 4 is 5.91 Å². The lowest BCUT2D eigenvalue weighted by molar-refractivity contribution is -0.114. The maximum atomic E-state index is 10.6. The van der Waals surface area contributed by atoms with Gasteiger partial charge in [-0.25, -0.2) is 0 Å². The summed E-state index contributed by atoms with van der Waals surface area (Å²) >= 11 is 0. The molecule has 0 aliphatic rings.